The van der Waals surface area contributed by atoms with Crippen LogP contribution in [0.2, 0.25) is 0 Å². The van der Waals surface area contributed by atoms with Crippen LogP contribution in [0.15, 0.2) is 67.0 Å². The first-order valence-corrected chi connectivity index (χ1v) is 11.0. The van der Waals surface area contributed by atoms with Gasteiger partial charge in [-0.25, -0.2) is 9.97 Å². The molecule has 0 atom stereocenters. The summed E-state index contributed by atoms with van der Waals surface area (Å²) in [6, 6.07) is 18.5. The minimum atomic E-state index is 0.404. The Bertz CT molecular complexity index is 1410. The number of pyridine rings is 2. The van der Waals surface area contributed by atoms with Gasteiger partial charge in [0.1, 0.15) is 17.9 Å². The smallest absolute Gasteiger partial charge is 0.152 e. The maximum atomic E-state index is 6.40. The molecule has 0 amide bonds. The number of nitrogen functional groups attached to an aromatic ring is 1. The van der Waals surface area contributed by atoms with Crippen LogP contribution in [-0.4, -0.2) is 26.1 Å². The van der Waals surface area contributed by atoms with Crippen LogP contribution in [-0.2, 0) is 24.4 Å². The van der Waals surface area contributed by atoms with Crippen molar-refractivity contribution in [2.45, 2.75) is 26.6 Å². The Morgan fingerprint density at radius 1 is 0.970 bits per heavy atom. The van der Waals surface area contributed by atoms with Crippen LogP contribution in [0, 0.1) is 0 Å². The number of ether oxygens (including phenoxy) is 1. The van der Waals surface area contributed by atoms with E-state index in [0.717, 1.165) is 44.5 Å². The fourth-order valence-electron chi connectivity index (χ4n) is 4.11. The Morgan fingerprint density at radius 3 is 2.52 bits per heavy atom. The quantitative estimate of drug-likeness (QED) is 0.393. The number of nitrogens with two attached hydrogens (primary N) is 2. The summed E-state index contributed by atoms with van der Waals surface area (Å²) < 4.78 is 7.91. The second-order valence-electron chi connectivity index (χ2n) is 7.94. The molecule has 0 aliphatic rings. The van der Waals surface area contributed by atoms with E-state index in [-0.39, 0.29) is 0 Å². The highest BCUT2D eigenvalue weighted by molar-refractivity contribution is 6.07. The lowest BCUT2D eigenvalue weighted by Crippen LogP contribution is -2.08. The van der Waals surface area contributed by atoms with E-state index in [0.29, 0.717) is 37.6 Å². The molecule has 3 aromatic heterocycles. The van der Waals surface area contributed by atoms with E-state index < -0.39 is 0 Å². The van der Waals surface area contributed by atoms with Crippen molar-refractivity contribution in [3.05, 3.63) is 83.9 Å². The van der Waals surface area contributed by atoms with Gasteiger partial charge in [-0.1, -0.05) is 42.5 Å². The van der Waals surface area contributed by atoms with Crippen molar-refractivity contribution in [2.75, 3.05) is 12.3 Å². The van der Waals surface area contributed by atoms with Crippen molar-refractivity contribution < 1.29 is 4.74 Å². The minimum absolute atomic E-state index is 0.404. The van der Waals surface area contributed by atoms with Crippen LogP contribution >= 0.6 is 0 Å². The highest BCUT2D eigenvalue weighted by Crippen LogP contribution is 2.32. The molecule has 2 aromatic carbocycles. The molecular formula is C26H26N6O. The van der Waals surface area contributed by atoms with Crippen molar-refractivity contribution >= 4 is 27.8 Å². The van der Waals surface area contributed by atoms with Gasteiger partial charge < -0.3 is 20.8 Å². The normalized spacial score (nSPS) is 11.5. The molecule has 0 saturated heterocycles. The van der Waals surface area contributed by atoms with Crippen molar-refractivity contribution in [3.8, 4) is 11.1 Å². The molecule has 4 N–H and O–H groups in total. The standard InChI is InChI=1S/C26H26N6O/c1-2-33-16-23-31-24-25(32(23)15-18-7-5-17(13-27)6-8-18)21-10-9-19(12-22(21)30-26(24)28)20-4-3-11-29-14-20/h3-12,14H,2,13,15-16,27H2,1H3,(H2,28,30). The molecule has 5 aromatic rings. The van der Waals surface area contributed by atoms with Crippen LogP contribution in [0.3, 0.4) is 0 Å². The van der Waals surface area contributed by atoms with Gasteiger partial charge in [0.15, 0.2) is 5.82 Å². The number of rotatable bonds is 7. The van der Waals surface area contributed by atoms with Crippen molar-refractivity contribution in [2.24, 2.45) is 5.73 Å². The Labute approximate surface area is 192 Å². The zero-order valence-electron chi connectivity index (χ0n) is 18.5. The molecule has 0 aliphatic heterocycles. The number of hydrogen-bond acceptors (Lipinski definition) is 6. The Hall–Kier alpha value is -3.81. The van der Waals surface area contributed by atoms with Crippen LogP contribution in [0.5, 0.6) is 0 Å². The summed E-state index contributed by atoms with van der Waals surface area (Å²) in [6.07, 6.45) is 3.61. The summed E-state index contributed by atoms with van der Waals surface area (Å²) in [6.45, 7) is 4.16. The molecule has 33 heavy (non-hydrogen) atoms. The third-order valence-electron chi connectivity index (χ3n) is 5.81. The summed E-state index contributed by atoms with van der Waals surface area (Å²) in [5, 5.41) is 1.00. The average Bonchev–Trinajstić information content (AvgIpc) is 3.22. The first kappa shape index (κ1) is 21.1. The van der Waals surface area contributed by atoms with Crippen LogP contribution < -0.4 is 11.5 Å². The molecule has 0 fully saturated rings. The summed E-state index contributed by atoms with van der Waals surface area (Å²) in [4.78, 5) is 13.7. The molecule has 7 nitrogen and oxygen atoms in total. The van der Waals surface area contributed by atoms with Gasteiger partial charge in [0.05, 0.1) is 11.0 Å². The maximum Gasteiger partial charge on any atom is 0.152 e. The van der Waals surface area contributed by atoms with Gasteiger partial charge in [-0.3, -0.25) is 4.98 Å². The molecular weight excluding hydrogens is 412 g/mol. The topological polar surface area (TPSA) is 105 Å². The second kappa shape index (κ2) is 8.97. The maximum absolute atomic E-state index is 6.40. The van der Waals surface area contributed by atoms with Crippen molar-refractivity contribution in [1.29, 1.82) is 0 Å². The monoisotopic (exact) mass is 438 g/mol. The van der Waals surface area contributed by atoms with E-state index in [4.69, 9.17) is 21.2 Å². The predicted molar refractivity (Wildman–Crippen MR) is 131 cm³/mol. The molecule has 166 valence electrons. The summed E-state index contributed by atoms with van der Waals surface area (Å²) in [5.41, 5.74) is 19.0. The lowest BCUT2D eigenvalue weighted by atomic mass is 10.0. The van der Waals surface area contributed by atoms with Crippen LogP contribution in [0.4, 0.5) is 5.82 Å². The minimum Gasteiger partial charge on any atom is -0.382 e. The third-order valence-corrected chi connectivity index (χ3v) is 5.81. The third kappa shape index (κ3) is 4.04. The number of imidazole rings is 1. The van der Waals surface area contributed by atoms with Crippen LogP contribution in [0.25, 0.3) is 33.1 Å². The first-order valence-electron chi connectivity index (χ1n) is 11.0. The summed E-state index contributed by atoms with van der Waals surface area (Å²) >= 11 is 0. The van der Waals surface area contributed by atoms with Gasteiger partial charge in [0.2, 0.25) is 0 Å². The van der Waals surface area contributed by atoms with Crippen molar-refractivity contribution in [1.82, 2.24) is 19.5 Å². The Kier molecular flexibility index (Phi) is 5.73. The van der Waals surface area contributed by atoms with E-state index in [2.05, 4.69) is 57.0 Å². The lowest BCUT2D eigenvalue weighted by molar-refractivity contribution is 0.126. The highest BCUT2D eigenvalue weighted by Gasteiger charge is 2.18. The zero-order valence-corrected chi connectivity index (χ0v) is 18.5. The van der Waals surface area contributed by atoms with Gasteiger partial charge in [0, 0.05) is 43.0 Å². The summed E-state index contributed by atoms with van der Waals surface area (Å²) in [7, 11) is 0. The number of benzene rings is 2. The van der Waals surface area contributed by atoms with Gasteiger partial charge in [-0.05, 0) is 35.7 Å². The predicted octanol–water partition coefficient (Wildman–Crippen LogP) is 4.27. The molecule has 0 bridgehead atoms. The number of fused-ring (bicyclic) bond motifs is 3. The average molecular weight is 439 g/mol. The number of nitrogens with zero attached hydrogens (tertiary/aromatic N) is 4. The molecule has 0 saturated carbocycles. The lowest BCUT2D eigenvalue weighted by Gasteiger charge is -2.12. The van der Waals surface area contributed by atoms with E-state index in [1.807, 2.05) is 25.3 Å². The fraction of sp³-hybridized carbons (Fsp3) is 0.192. The second-order valence-corrected chi connectivity index (χ2v) is 7.94. The first-order chi connectivity index (χ1) is 16.2. The molecule has 0 spiro atoms. The molecule has 0 radical (unpaired) electrons. The molecule has 0 unspecified atom stereocenters. The van der Waals surface area contributed by atoms with Gasteiger partial charge >= 0.3 is 0 Å². The largest absolute Gasteiger partial charge is 0.382 e. The number of aromatic nitrogens is 4. The Balaban J connectivity index is 1.69. The van der Waals surface area contributed by atoms with Gasteiger partial charge in [-0.15, -0.1) is 0 Å². The van der Waals surface area contributed by atoms with Gasteiger partial charge in [0.25, 0.3) is 0 Å². The van der Waals surface area contributed by atoms with E-state index >= 15 is 0 Å². The SMILES string of the molecule is CCOCc1nc2c(N)nc3cc(-c4cccnc4)ccc3c2n1Cc1ccc(CN)cc1. The summed E-state index contributed by atoms with van der Waals surface area (Å²) in [5.74, 6) is 1.24. The van der Waals surface area contributed by atoms with Crippen molar-refractivity contribution in [3.63, 3.8) is 0 Å². The molecule has 7 heteroatoms. The molecule has 0 aliphatic carbocycles. The van der Waals surface area contributed by atoms with E-state index in [9.17, 15) is 0 Å². The Morgan fingerprint density at radius 2 is 1.79 bits per heavy atom. The molecule has 3 heterocycles. The van der Waals surface area contributed by atoms with E-state index in [1.165, 1.54) is 0 Å². The number of anilines is 1. The number of hydrogen-bond donors (Lipinski definition) is 2. The fourth-order valence-corrected chi connectivity index (χ4v) is 4.11. The van der Waals surface area contributed by atoms with E-state index in [1.54, 1.807) is 6.20 Å². The zero-order chi connectivity index (χ0) is 22.8. The van der Waals surface area contributed by atoms with Gasteiger partial charge in [-0.2, -0.15) is 0 Å². The van der Waals surface area contributed by atoms with Crippen LogP contribution in [0.1, 0.15) is 23.9 Å². The molecule has 5 rings (SSSR count). The highest BCUT2D eigenvalue weighted by atomic mass is 16.5.